The quantitative estimate of drug-likeness (QED) is 0.611. The van der Waals surface area contributed by atoms with Crippen LogP contribution in [0.15, 0.2) is 18.2 Å². The van der Waals surface area contributed by atoms with Gasteiger partial charge in [-0.1, -0.05) is 6.07 Å². The fourth-order valence-electron chi connectivity index (χ4n) is 1.82. The second-order valence-electron chi connectivity index (χ2n) is 3.38. The summed E-state index contributed by atoms with van der Waals surface area (Å²) in [6.45, 7) is 0. The van der Waals surface area contributed by atoms with E-state index < -0.39 is 0 Å². The molecule has 1 atom stereocenters. The lowest BCUT2D eigenvalue weighted by atomic mass is 9.88. The van der Waals surface area contributed by atoms with E-state index in [0.29, 0.717) is 5.75 Å². The third-order valence-corrected chi connectivity index (χ3v) is 2.49. The Morgan fingerprint density at radius 1 is 1.42 bits per heavy atom. The molecule has 1 aromatic carbocycles. The highest BCUT2D eigenvalue weighted by Gasteiger charge is 2.16. The lowest BCUT2D eigenvalue weighted by Crippen LogP contribution is -2.16. The number of phenols is 1. The summed E-state index contributed by atoms with van der Waals surface area (Å²) in [5.41, 5.74) is 8.33. The Bertz CT molecular complexity index is 296. The molecule has 0 saturated carbocycles. The van der Waals surface area contributed by atoms with Crippen molar-refractivity contribution in [2.24, 2.45) is 5.73 Å². The van der Waals surface area contributed by atoms with E-state index >= 15 is 0 Å². The highest BCUT2D eigenvalue weighted by Crippen LogP contribution is 2.30. The van der Waals surface area contributed by atoms with E-state index in [0.717, 1.165) is 18.4 Å². The SMILES string of the molecule is NC1CCCc2ccc(O)cc21. The second-order valence-corrected chi connectivity index (χ2v) is 3.38. The molecule has 2 nitrogen and oxygen atoms in total. The van der Waals surface area contributed by atoms with Gasteiger partial charge in [0.05, 0.1) is 0 Å². The van der Waals surface area contributed by atoms with Gasteiger partial charge in [0.1, 0.15) is 5.75 Å². The van der Waals surface area contributed by atoms with E-state index in [4.69, 9.17) is 5.73 Å². The van der Waals surface area contributed by atoms with Crippen LogP contribution in [-0.2, 0) is 6.42 Å². The molecule has 0 heterocycles. The maximum atomic E-state index is 9.25. The fraction of sp³-hybridized carbons (Fsp3) is 0.400. The van der Waals surface area contributed by atoms with Crippen molar-refractivity contribution >= 4 is 0 Å². The molecule has 2 heteroatoms. The van der Waals surface area contributed by atoms with Crippen molar-refractivity contribution in [3.05, 3.63) is 29.3 Å². The number of hydrogen-bond acceptors (Lipinski definition) is 2. The summed E-state index contributed by atoms with van der Waals surface area (Å²) < 4.78 is 0. The molecule has 0 fully saturated rings. The van der Waals surface area contributed by atoms with Crippen LogP contribution in [0.25, 0.3) is 0 Å². The normalized spacial score (nSPS) is 21.9. The van der Waals surface area contributed by atoms with Crippen molar-refractivity contribution in [2.75, 3.05) is 0 Å². The Kier molecular flexibility index (Phi) is 1.77. The molecule has 1 aromatic rings. The van der Waals surface area contributed by atoms with E-state index in [2.05, 4.69) is 0 Å². The lowest BCUT2D eigenvalue weighted by molar-refractivity contribution is 0.470. The largest absolute Gasteiger partial charge is 0.508 e. The molecule has 1 aliphatic rings. The second kappa shape index (κ2) is 2.79. The Hall–Kier alpha value is -1.02. The van der Waals surface area contributed by atoms with Gasteiger partial charge >= 0.3 is 0 Å². The molecule has 0 aliphatic heterocycles. The van der Waals surface area contributed by atoms with Crippen molar-refractivity contribution in [1.82, 2.24) is 0 Å². The first-order valence-corrected chi connectivity index (χ1v) is 4.35. The summed E-state index contributed by atoms with van der Waals surface area (Å²) in [7, 11) is 0. The van der Waals surface area contributed by atoms with Crippen LogP contribution in [-0.4, -0.2) is 5.11 Å². The van der Waals surface area contributed by atoms with Crippen LogP contribution in [0.2, 0.25) is 0 Å². The van der Waals surface area contributed by atoms with E-state index in [1.54, 1.807) is 12.1 Å². The van der Waals surface area contributed by atoms with Gasteiger partial charge in [0.25, 0.3) is 0 Å². The summed E-state index contributed by atoms with van der Waals surface area (Å²) in [5, 5.41) is 9.25. The highest BCUT2D eigenvalue weighted by atomic mass is 16.3. The Morgan fingerprint density at radius 3 is 3.08 bits per heavy atom. The summed E-state index contributed by atoms with van der Waals surface area (Å²) >= 11 is 0. The van der Waals surface area contributed by atoms with Crippen molar-refractivity contribution in [3.63, 3.8) is 0 Å². The number of hydrogen-bond donors (Lipinski definition) is 2. The van der Waals surface area contributed by atoms with Gasteiger partial charge in [0.15, 0.2) is 0 Å². The van der Waals surface area contributed by atoms with E-state index in [1.165, 1.54) is 12.0 Å². The van der Waals surface area contributed by atoms with Gasteiger partial charge in [-0.05, 0) is 42.5 Å². The summed E-state index contributed by atoms with van der Waals surface area (Å²) in [6, 6.07) is 5.63. The average Bonchev–Trinajstić information content (AvgIpc) is 2.07. The Morgan fingerprint density at radius 2 is 2.25 bits per heavy atom. The number of nitrogens with two attached hydrogens (primary N) is 1. The molecule has 0 aromatic heterocycles. The first kappa shape index (κ1) is 7.62. The van der Waals surface area contributed by atoms with Crippen LogP contribution in [0.3, 0.4) is 0 Å². The number of rotatable bonds is 0. The van der Waals surface area contributed by atoms with Crippen LogP contribution < -0.4 is 5.73 Å². The predicted molar refractivity (Wildman–Crippen MR) is 48.0 cm³/mol. The van der Waals surface area contributed by atoms with Gasteiger partial charge in [0.2, 0.25) is 0 Å². The zero-order chi connectivity index (χ0) is 8.55. The number of aromatic hydroxyl groups is 1. The van der Waals surface area contributed by atoms with Crippen molar-refractivity contribution in [1.29, 1.82) is 0 Å². The molecule has 0 radical (unpaired) electrons. The highest BCUT2D eigenvalue weighted by molar-refractivity contribution is 5.38. The van der Waals surface area contributed by atoms with E-state index in [-0.39, 0.29) is 6.04 Å². The Labute approximate surface area is 72.0 Å². The maximum Gasteiger partial charge on any atom is 0.115 e. The zero-order valence-electron chi connectivity index (χ0n) is 6.96. The van der Waals surface area contributed by atoms with Crippen LogP contribution in [0.4, 0.5) is 0 Å². The zero-order valence-corrected chi connectivity index (χ0v) is 6.96. The molecule has 2 rings (SSSR count). The summed E-state index contributed by atoms with van der Waals surface area (Å²) in [6.07, 6.45) is 3.30. The molecule has 1 unspecified atom stereocenters. The molecular formula is C10H13NO. The van der Waals surface area contributed by atoms with E-state index in [1.807, 2.05) is 6.07 Å². The topological polar surface area (TPSA) is 46.2 Å². The lowest BCUT2D eigenvalue weighted by Gasteiger charge is -2.21. The van der Waals surface area contributed by atoms with Gasteiger partial charge in [0, 0.05) is 6.04 Å². The van der Waals surface area contributed by atoms with Gasteiger partial charge in [-0.3, -0.25) is 0 Å². The molecule has 3 N–H and O–H groups in total. The molecule has 0 bridgehead atoms. The number of fused-ring (bicyclic) bond motifs is 1. The molecule has 64 valence electrons. The summed E-state index contributed by atoms with van der Waals surface area (Å²) in [4.78, 5) is 0. The van der Waals surface area contributed by atoms with Crippen molar-refractivity contribution < 1.29 is 5.11 Å². The van der Waals surface area contributed by atoms with Crippen LogP contribution in [0, 0.1) is 0 Å². The molecule has 1 aliphatic carbocycles. The Balaban J connectivity index is 2.47. The van der Waals surface area contributed by atoms with Gasteiger partial charge in [-0.2, -0.15) is 0 Å². The van der Waals surface area contributed by atoms with Crippen LogP contribution >= 0.6 is 0 Å². The van der Waals surface area contributed by atoms with Gasteiger partial charge in [-0.25, -0.2) is 0 Å². The summed E-state index contributed by atoms with van der Waals surface area (Å²) in [5.74, 6) is 0.325. The standard InChI is InChI=1S/C10H13NO/c11-10-3-1-2-7-4-5-8(12)6-9(7)10/h4-6,10,12H,1-3,11H2. The monoisotopic (exact) mass is 163 g/mol. The van der Waals surface area contributed by atoms with Crippen LogP contribution in [0.1, 0.15) is 30.0 Å². The third kappa shape index (κ3) is 1.18. The smallest absolute Gasteiger partial charge is 0.115 e. The molecule has 0 saturated heterocycles. The minimum atomic E-state index is 0.126. The number of benzene rings is 1. The molecule has 0 spiro atoms. The minimum Gasteiger partial charge on any atom is -0.508 e. The third-order valence-electron chi connectivity index (χ3n) is 2.49. The number of aryl methyl sites for hydroxylation is 1. The minimum absolute atomic E-state index is 0.126. The first-order valence-electron chi connectivity index (χ1n) is 4.35. The average molecular weight is 163 g/mol. The van der Waals surface area contributed by atoms with Crippen molar-refractivity contribution in [2.45, 2.75) is 25.3 Å². The molecular weight excluding hydrogens is 150 g/mol. The van der Waals surface area contributed by atoms with Crippen LogP contribution in [0.5, 0.6) is 5.75 Å². The first-order chi connectivity index (χ1) is 5.77. The number of phenolic OH excluding ortho intramolecular Hbond substituents is 1. The van der Waals surface area contributed by atoms with Gasteiger partial charge in [-0.15, -0.1) is 0 Å². The van der Waals surface area contributed by atoms with Crippen molar-refractivity contribution in [3.8, 4) is 5.75 Å². The van der Waals surface area contributed by atoms with Gasteiger partial charge < -0.3 is 10.8 Å². The fourth-order valence-corrected chi connectivity index (χ4v) is 1.82. The van der Waals surface area contributed by atoms with E-state index in [9.17, 15) is 5.11 Å². The predicted octanol–water partition coefficient (Wildman–Crippen LogP) is 1.73. The molecule has 12 heavy (non-hydrogen) atoms. The maximum absolute atomic E-state index is 9.25. The molecule has 0 amide bonds.